The van der Waals surface area contributed by atoms with Crippen LogP contribution in [0.25, 0.3) is 0 Å². The van der Waals surface area contributed by atoms with Gasteiger partial charge < -0.3 is 28.6 Å². The highest BCUT2D eigenvalue weighted by molar-refractivity contribution is 5.70. The van der Waals surface area contributed by atoms with E-state index in [9.17, 15) is 19.5 Å². The molecule has 0 radical (unpaired) electrons. The topological polar surface area (TPSA) is 102 Å². The number of ether oxygens (including phenoxy) is 3. The summed E-state index contributed by atoms with van der Waals surface area (Å²) in [6, 6.07) is -0.736. The zero-order valence-corrected chi connectivity index (χ0v) is 42.1. The number of rotatable bonds is 45. The molecule has 0 aliphatic rings. The summed E-state index contributed by atoms with van der Waals surface area (Å²) >= 11 is 0. The van der Waals surface area contributed by atoms with Crippen molar-refractivity contribution in [2.75, 3.05) is 41.0 Å². The number of quaternary nitrogens is 1. The van der Waals surface area contributed by atoms with Crippen molar-refractivity contribution in [1.82, 2.24) is 0 Å². The fourth-order valence-electron chi connectivity index (χ4n) is 7.12. The number of allylic oxidation sites excluding steroid dienone is 16. The van der Waals surface area contributed by atoms with E-state index in [1.54, 1.807) is 21.1 Å². The maximum atomic E-state index is 12.8. The van der Waals surface area contributed by atoms with Gasteiger partial charge in [-0.3, -0.25) is 9.59 Å². The fraction of sp³-hybridized carbons (Fsp3) is 0.667. The Labute approximate surface area is 398 Å². The van der Waals surface area contributed by atoms with Crippen LogP contribution >= 0.6 is 0 Å². The SMILES string of the molecule is CC/C=C/C/C=C/C/C=C/CCCCCCCCCCCCCCCC(=O)OC(COCCC(C(=O)[O-])[N+](C)(C)C)COC(=O)CCCCCCC/C=C/C=C/C=C/C=C/C=C/CCC. The van der Waals surface area contributed by atoms with Crippen LogP contribution in [0.15, 0.2) is 97.2 Å². The molecule has 0 N–H and O–H groups in total. The molecule has 65 heavy (non-hydrogen) atoms. The molecule has 0 saturated carbocycles. The number of carboxylic acids is 1. The predicted molar refractivity (Wildman–Crippen MR) is 272 cm³/mol. The van der Waals surface area contributed by atoms with Crippen molar-refractivity contribution in [1.29, 1.82) is 0 Å². The number of aliphatic carboxylic acids is 1. The lowest BCUT2D eigenvalue weighted by atomic mass is 10.0. The van der Waals surface area contributed by atoms with E-state index in [0.717, 1.165) is 83.5 Å². The lowest BCUT2D eigenvalue weighted by molar-refractivity contribution is -0.889. The van der Waals surface area contributed by atoms with Crippen LogP contribution in [-0.2, 0) is 28.6 Å². The molecule has 0 heterocycles. The smallest absolute Gasteiger partial charge is 0.306 e. The van der Waals surface area contributed by atoms with Crippen molar-refractivity contribution in [3.05, 3.63) is 97.2 Å². The molecule has 0 spiro atoms. The van der Waals surface area contributed by atoms with Gasteiger partial charge in [0.15, 0.2) is 6.10 Å². The third-order valence-corrected chi connectivity index (χ3v) is 11.1. The molecule has 0 saturated heterocycles. The number of hydrogen-bond acceptors (Lipinski definition) is 7. The molecule has 8 nitrogen and oxygen atoms in total. The Morgan fingerprint density at radius 2 is 0.923 bits per heavy atom. The first kappa shape index (κ1) is 61.2. The lowest BCUT2D eigenvalue weighted by Crippen LogP contribution is -2.55. The standard InChI is InChI=1S/C57H95NO7/c1-6-8-10-12-14-16-18-20-22-24-26-27-28-29-30-32-34-36-38-40-42-44-46-48-56(60)65-53(51-63-50-49-54(57(61)62)58(3,4)5)52-64-55(59)47-45-43-41-39-37-35-33-31-25-23-21-19-17-15-13-11-9-7-2/h8,10-11,13-17,19-23,25,31,33,53-54H,6-7,9,12,18,24,26-30,32,34-52H2,1-5H3/b10-8+,13-11+,16-14+,17-15+,21-19+,22-20+,25-23+,33-31+. The number of carbonyl (C=O) groups excluding carboxylic acids is 3. The van der Waals surface area contributed by atoms with Crippen LogP contribution in [0, 0.1) is 0 Å². The Bertz CT molecular complexity index is 1380. The van der Waals surface area contributed by atoms with Crippen molar-refractivity contribution >= 4 is 17.9 Å². The minimum atomic E-state index is -1.13. The van der Waals surface area contributed by atoms with E-state index in [-0.39, 0.29) is 42.7 Å². The van der Waals surface area contributed by atoms with E-state index in [2.05, 4.69) is 74.6 Å². The van der Waals surface area contributed by atoms with Crippen molar-refractivity contribution in [3.63, 3.8) is 0 Å². The van der Waals surface area contributed by atoms with E-state index in [1.165, 1.54) is 77.0 Å². The zero-order valence-electron chi connectivity index (χ0n) is 42.1. The van der Waals surface area contributed by atoms with Gasteiger partial charge in [-0.25, -0.2) is 0 Å². The van der Waals surface area contributed by atoms with Crippen molar-refractivity contribution in [3.8, 4) is 0 Å². The molecular formula is C57H95NO7. The summed E-state index contributed by atoms with van der Waals surface area (Å²) in [7, 11) is 5.40. The Hall–Kier alpha value is -3.75. The first-order valence-electron chi connectivity index (χ1n) is 25.8. The monoisotopic (exact) mass is 906 g/mol. The second-order valence-electron chi connectivity index (χ2n) is 18.1. The Kier molecular flexibility index (Phi) is 44.1. The molecule has 0 aromatic heterocycles. The molecule has 2 atom stereocenters. The summed E-state index contributed by atoms with van der Waals surface area (Å²) in [4.78, 5) is 37.1. The molecule has 0 aromatic carbocycles. The van der Waals surface area contributed by atoms with Crippen LogP contribution in [0.2, 0.25) is 0 Å². The number of esters is 2. The van der Waals surface area contributed by atoms with Gasteiger partial charge in [0, 0.05) is 19.3 Å². The van der Waals surface area contributed by atoms with Crippen LogP contribution in [-0.4, -0.2) is 75.5 Å². The van der Waals surface area contributed by atoms with Gasteiger partial charge in [0.05, 0.1) is 40.3 Å². The Morgan fingerprint density at radius 1 is 0.492 bits per heavy atom. The van der Waals surface area contributed by atoms with Crippen LogP contribution in [0.4, 0.5) is 0 Å². The molecule has 2 unspecified atom stereocenters. The molecule has 8 heteroatoms. The van der Waals surface area contributed by atoms with Gasteiger partial charge in [-0.15, -0.1) is 0 Å². The molecule has 0 rings (SSSR count). The number of likely N-dealkylation sites (N-methyl/N-ethyl adjacent to an activating group) is 1. The highest BCUT2D eigenvalue weighted by atomic mass is 16.6. The number of nitrogens with zero attached hydrogens (tertiary/aromatic N) is 1. The molecule has 370 valence electrons. The summed E-state index contributed by atoms with van der Waals surface area (Å²) in [5.41, 5.74) is 0. The van der Waals surface area contributed by atoms with Crippen molar-refractivity contribution < 1.29 is 38.2 Å². The lowest BCUT2D eigenvalue weighted by Gasteiger charge is -2.34. The molecule has 0 aliphatic carbocycles. The second kappa shape index (κ2) is 46.8. The highest BCUT2D eigenvalue weighted by Crippen LogP contribution is 2.15. The summed E-state index contributed by atoms with van der Waals surface area (Å²) in [6.07, 6.45) is 62.9. The van der Waals surface area contributed by atoms with Crippen molar-refractivity contribution in [2.24, 2.45) is 0 Å². The maximum Gasteiger partial charge on any atom is 0.306 e. The third-order valence-electron chi connectivity index (χ3n) is 11.1. The fourth-order valence-corrected chi connectivity index (χ4v) is 7.12. The van der Waals surface area contributed by atoms with Gasteiger partial charge in [0.2, 0.25) is 0 Å². The summed E-state index contributed by atoms with van der Waals surface area (Å²) in [5.74, 6) is -1.77. The minimum absolute atomic E-state index is 0.0267. The molecule has 0 aromatic rings. The van der Waals surface area contributed by atoms with Gasteiger partial charge in [-0.2, -0.15) is 0 Å². The predicted octanol–water partition coefficient (Wildman–Crippen LogP) is 13.7. The summed E-state index contributed by atoms with van der Waals surface area (Å²) in [5, 5.41) is 11.7. The minimum Gasteiger partial charge on any atom is -0.544 e. The van der Waals surface area contributed by atoms with Crippen LogP contribution in [0.3, 0.4) is 0 Å². The quantitative estimate of drug-likeness (QED) is 0.0197. The first-order chi connectivity index (χ1) is 31.6. The van der Waals surface area contributed by atoms with E-state index in [4.69, 9.17) is 14.2 Å². The number of unbranched alkanes of at least 4 members (excludes halogenated alkanes) is 19. The number of hydrogen-bond donors (Lipinski definition) is 0. The van der Waals surface area contributed by atoms with Crippen LogP contribution in [0.5, 0.6) is 0 Å². The zero-order chi connectivity index (χ0) is 47.7. The first-order valence-corrected chi connectivity index (χ1v) is 25.8. The molecule has 0 bridgehead atoms. The average Bonchev–Trinajstić information content (AvgIpc) is 3.27. The van der Waals surface area contributed by atoms with Gasteiger partial charge >= 0.3 is 11.9 Å². The van der Waals surface area contributed by atoms with E-state index in [1.807, 2.05) is 36.5 Å². The van der Waals surface area contributed by atoms with E-state index < -0.39 is 18.1 Å². The summed E-state index contributed by atoms with van der Waals surface area (Å²) in [6.45, 7) is 4.44. The van der Waals surface area contributed by atoms with Gasteiger partial charge in [-0.05, 0) is 64.2 Å². The molecule has 0 amide bonds. The van der Waals surface area contributed by atoms with E-state index >= 15 is 0 Å². The maximum absolute atomic E-state index is 12.8. The average molecular weight is 906 g/mol. The van der Waals surface area contributed by atoms with Crippen LogP contribution < -0.4 is 5.11 Å². The highest BCUT2D eigenvalue weighted by Gasteiger charge is 2.25. The Balaban J connectivity index is 4.28. The number of carboxylic acid groups (broad SMARTS) is 1. The normalized spacial score (nSPS) is 13.7. The van der Waals surface area contributed by atoms with Gasteiger partial charge in [0.25, 0.3) is 0 Å². The largest absolute Gasteiger partial charge is 0.544 e. The molecule has 0 fully saturated rings. The number of carbonyl (C=O) groups is 3. The van der Waals surface area contributed by atoms with Crippen LogP contribution in [0.1, 0.15) is 194 Å². The summed E-state index contributed by atoms with van der Waals surface area (Å²) < 4.78 is 17.2. The van der Waals surface area contributed by atoms with Gasteiger partial charge in [0.1, 0.15) is 12.6 Å². The van der Waals surface area contributed by atoms with Crippen molar-refractivity contribution in [2.45, 2.75) is 206 Å². The van der Waals surface area contributed by atoms with E-state index in [0.29, 0.717) is 12.8 Å². The molecular weight excluding hydrogens is 811 g/mol. The Morgan fingerprint density at radius 3 is 1.42 bits per heavy atom. The van der Waals surface area contributed by atoms with Gasteiger partial charge in [-0.1, -0.05) is 207 Å². The third kappa shape index (κ3) is 45.2. The molecule has 0 aliphatic heterocycles. The second-order valence-corrected chi connectivity index (χ2v) is 18.1.